The van der Waals surface area contributed by atoms with Crippen LogP contribution in [0.2, 0.25) is 5.02 Å². The van der Waals surface area contributed by atoms with Crippen LogP contribution in [0.25, 0.3) is 0 Å². The second-order valence-electron chi connectivity index (χ2n) is 6.21. The number of hydrogen-bond acceptors (Lipinski definition) is 2. The number of hydrogen-bond donors (Lipinski definition) is 1. The molecule has 124 valence electrons. The van der Waals surface area contributed by atoms with Gasteiger partial charge in [0.05, 0.1) is 12.8 Å². The maximum absolute atomic E-state index is 13.9. The van der Waals surface area contributed by atoms with E-state index < -0.39 is 17.8 Å². The lowest BCUT2D eigenvalue weighted by Gasteiger charge is -2.34. The summed E-state index contributed by atoms with van der Waals surface area (Å²) in [4.78, 5) is 14.9. The van der Waals surface area contributed by atoms with Crippen LogP contribution in [0.1, 0.15) is 25.3 Å². The van der Waals surface area contributed by atoms with Crippen LogP contribution >= 0.6 is 11.6 Å². The number of halogens is 4. The minimum absolute atomic E-state index is 0.0184. The van der Waals surface area contributed by atoms with Gasteiger partial charge < -0.3 is 10.1 Å². The molecule has 1 saturated carbocycles. The first kappa shape index (κ1) is 16.3. The molecule has 1 aliphatic heterocycles. The highest BCUT2D eigenvalue weighted by Gasteiger charge is 2.59. The minimum Gasteiger partial charge on any atom is -0.355 e. The van der Waals surface area contributed by atoms with Gasteiger partial charge in [-0.25, -0.2) is 9.79 Å². The summed E-state index contributed by atoms with van der Waals surface area (Å²) in [6.07, 6.45) is -2.67. The van der Waals surface area contributed by atoms with Gasteiger partial charge in [0.15, 0.2) is 0 Å². The van der Waals surface area contributed by atoms with Crippen molar-refractivity contribution >= 4 is 29.5 Å². The Kier molecular flexibility index (Phi) is 3.68. The third-order valence-corrected chi connectivity index (χ3v) is 4.40. The van der Waals surface area contributed by atoms with Crippen molar-refractivity contribution in [2.24, 2.45) is 10.4 Å². The van der Waals surface area contributed by atoms with Gasteiger partial charge in [-0.05, 0) is 36.5 Å². The third-order valence-electron chi connectivity index (χ3n) is 4.16. The topological polar surface area (TPSA) is 50.7 Å². The van der Waals surface area contributed by atoms with Crippen LogP contribution in [0.5, 0.6) is 0 Å². The minimum atomic E-state index is -4.80. The number of nitrogens with zero attached hydrogens (tertiary/aromatic N) is 1. The zero-order valence-corrected chi connectivity index (χ0v) is 13.0. The molecule has 0 bridgehead atoms. The number of ether oxygens (including phenoxy) is 1. The van der Waals surface area contributed by atoms with E-state index in [4.69, 9.17) is 16.3 Å². The average Bonchev–Trinajstić information content (AvgIpc) is 3.19. The summed E-state index contributed by atoms with van der Waals surface area (Å²) in [5.74, 6) is 0. The number of carbonyl (C=O) groups excluding carboxylic acids is 1. The molecule has 23 heavy (non-hydrogen) atoms. The smallest absolute Gasteiger partial charge is 0.355 e. The zero-order valence-electron chi connectivity index (χ0n) is 12.2. The fourth-order valence-electron chi connectivity index (χ4n) is 2.37. The lowest BCUT2D eigenvalue weighted by molar-refractivity contribution is -0.255. The van der Waals surface area contributed by atoms with Crippen molar-refractivity contribution in [3.05, 3.63) is 28.8 Å². The molecular formula is C15H14ClF3N2O2. The number of nitrogens with one attached hydrogen (secondary N) is 1. The van der Waals surface area contributed by atoms with Crippen LogP contribution < -0.4 is 5.32 Å². The molecule has 0 radical (unpaired) electrons. The number of amides is 2. The molecule has 1 fully saturated rings. The number of aliphatic imine (C=N–C) groups is 1. The second-order valence-corrected chi connectivity index (χ2v) is 6.65. The monoisotopic (exact) mass is 346 g/mol. The highest BCUT2D eigenvalue weighted by Crippen LogP contribution is 2.50. The van der Waals surface area contributed by atoms with Crippen molar-refractivity contribution in [1.82, 2.24) is 0 Å². The largest absolute Gasteiger partial charge is 0.427 e. The summed E-state index contributed by atoms with van der Waals surface area (Å²) in [6, 6.07) is 2.97. The molecule has 0 unspecified atom stereocenters. The molecule has 2 amide bonds. The lowest BCUT2D eigenvalue weighted by atomic mass is 9.92. The number of rotatable bonds is 3. The van der Waals surface area contributed by atoms with E-state index in [0.29, 0.717) is 6.21 Å². The van der Waals surface area contributed by atoms with Crippen LogP contribution in [0, 0.1) is 5.41 Å². The molecule has 2 aliphatic rings. The summed E-state index contributed by atoms with van der Waals surface area (Å²) in [6.45, 7) is 1.77. The van der Waals surface area contributed by atoms with Gasteiger partial charge >= 0.3 is 12.2 Å². The summed E-state index contributed by atoms with van der Waals surface area (Å²) >= 11 is 5.87. The number of alkyl halides is 3. The maximum atomic E-state index is 13.9. The Labute approximate surface area is 135 Å². The molecule has 0 spiro atoms. The number of benzene rings is 1. The lowest BCUT2D eigenvalue weighted by Crippen LogP contribution is -2.47. The predicted molar refractivity (Wildman–Crippen MR) is 80.0 cm³/mol. The van der Waals surface area contributed by atoms with Crippen LogP contribution in [0.15, 0.2) is 23.2 Å². The fourth-order valence-corrected chi connectivity index (χ4v) is 2.54. The third kappa shape index (κ3) is 2.95. The molecule has 1 aromatic carbocycles. The van der Waals surface area contributed by atoms with E-state index in [9.17, 15) is 18.0 Å². The van der Waals surface area contributed by atoms with Crippen molar-refractivity contribution in [3.63, 3.8) is 0 Å². The highest BCUT2D eigenvalue weighted by molar-refractivity contribution is 6.30. The van der Waals surface area contributed by atoms with Gasteiger partial charge in [-0.2, -0.15) is 13.2 Å². The van der Waals surface area contributed by atoms with Gasteiger partial charge in [-0.15, -0.1) is 0 Å². The molecule has 1 atom stereocenters. The zero-order chi connectivity index (χ0) is 16.9. The van der Waals surface area contributed by atoms with Crippen molar-refractivity contribution < 1.29 is 22.7 Å². The summed E-state index contributed by atoms with van der Waals surface area (Å²) < 4.78 is 47.1. The van der Waals surface area contributed by atoms with E-state index >= 15 is 0 Å². The standard InChI is InChI=1S/C15H14ClF3N2O2/c1-13(4-5-13)8-23-14(15(17,18)19)7-20-12(22)21-11-3-2-9(16)6-10(11)14/h2-3,6-7H,4-5,8H2,1H3,(H,21,22)/t14-/m0/s1. The Morgan fingerprint density at radius 3 is 2.70 bits per heavy atom. The summed E-state index contributed by atoms with van der Waals surface area (Å²) in [7, 11) is 0. The van der Waals surface area contributed by atoms with E-state index in [0.717, 1.165) is 18.9 Å². The molecule has 1 heterocycles. The van der Waals surface area contributed by atoms with Crippen LogP contribution in [-0.2, 0) is 10.3 Å². The van der Waals surface area contributed by atoms with Crippen LogP contribution in [-0.4, -0.2) is 25.0 Å². The van der Waals surface area contributed by atoms with Crippen molar-refractivity contribution in [1.29, 1.82) is 0 Å². The quantitative estimate of drug-likeness (QED) is 0.874. The summed E-state index contributed by atoms with van der Waals surface area (Å²) in [5, 5.41) is 2.43. The van der Waals surface area contributed by atoms with Gasteiger partial charge in [0.1, 0.15) is 0 Å². The molecule has 3 rings (SSSR count). The molecular weight excluding hydrogens is 333 g/mol. The molecule has 0 aromatic heterocycles. The molecule has 1 aromatic rings. The van der Waals surface area contributed by atoms with Gasteiger partial charge in [-0.1, -0.05) is 18.5 Å². The SMILES string of the molecule is CC1(CO[C@@]2(C(F)(F)F)C=NC(=O)Nc3ccc(Cl)cc32)CC1. The van der Waals surface area contributed by atoms with E-state index in [1.165, 1.54) is 12.1 Å². The molecule has 1 N–H and O–H groups in total. The molecule has 0 saturated heterocycles. The van der Waals surface area contributed by atoms with E-state index in [-0.39, 0.29) is 28.3 Å². The average molecular weight is 347 g/mol. The normalized spacial score (nSPS) is 25.5. The van der Waals surface area contributed by atoms with Crippen molar-refractivity contribution in [2.75, 3.05) is 11.9 Å². The highest BCUT2D eigenvalue weighted by atomic mass is 35.5. The van der Waals surface area contributed by atoms with Crippen molar-refractivity contribution in [3.8, 4) is 0 Å². The molecule has 8 heteroatoms. The maximum Gasteiger partial charge on any atom is 0.427 e. The van der Waals surface area contributed by atoms with Gasteiger partial charge in [0.25, 0.3) is 0 Å². The second kappa shape index (κ2) is 5.21. The van der Waals surface area contributed by atoms with Gasteiger partial charge in [0, 0.05) is 16.3 Å². The van der Waals surface area contributed by atoms with Crippen LogP contribution in [0.4, 0.5) is 23.7 Å². The van der Waals surface area contributed by atoms with E-state index in [2.05, 4.69) is 10.3 Å². The summed E-state index contributed by atoms with van der Waals surface area (Å²) in [5.41, 5.74) is -3.36. The first-order valence-electron chi connectivity index (χ1n) is 7.02. The first-order valence-corrected chi connectivity index (χ1v) is 7.40. The first-order chi connectivity index (χ1) is 10.7. The Morgan fingerprint density at radius 1 is 1.39 bits per heavy atom. The Balaban J connectivity index is 2.14. The van der Waals surface area contributed by atoms with Crippen molar-refractivity contribution in [2.45, 2.75) is 31.5 Å². The van der Waals surface area contributed by atoms with E-state index in [1.54, 1.807) is 0 Å². The van der Waals surface area contributed by atoms with Crippen LogP contribution in [0.3, 0.4) is 0 Å². The van der Waals surface area contributed by atoms with E-state index in [1.807, 2.05) is 6.92 Å². The molecule has 1 aliphatic carbocycles. The number of urea groups is 1. The molecule has 4 nitrogen and oxygen atoms in total. The predicted octanol–water partition coefficient (Wildman–Crippen LogP) is 4.53. The Morgan fingerprint density at radius 2 is 2.09 bits per heavy atom. The van der Waals surface area contributed by atoms with Gasteiger partial charge in [-0.3, -0.25) is 0 Å². The number of carbonyl (C=O) groups is 1. The number of anilines is 1. The Bertz CT molecular complexity index is 686. The van der Waals surface area contributed by atoms with Gasteiger partial charge in [0.2, 0.25) is 5.60 Å². The fraction of sp³-hybridized carbons (Fsp3) is 0.467. The Hall–Kier alpha value is -1.60. The number of fused-ring (bicyclic) bond motifs is 1.